The molecule has 0 N–H and O–H groups in total. The largest absolute Gasteiger partial charge is 0.489 e. The number of rotatable bonds is 10. The van der Waals surface area contributed by atoms with Crippen molar-refractivity contribution >= 4 is 11.4 Å². The molecule has 0 heterocycles. The molecule has 0 aliphatic rings. The van der Waals surface area contributed by atoms with Crippen LogP contribution in [0, 0.1) is 50.4 Å². The standard InChI is InChI=1S/2C18H18N2O2/c1-13-7-6-10-18(14(13)2)22-12-15-8-4-5-9-16(15)17(11-19)20-21-3;1-13-8-9-18(14(2)10-13)22-12-15-6-4-5-7-16(15)17(11-19)20-21-3/h2*4-10H,12H2,1-3H3. The molecule has 0 amide bonds. The minimum absolute atomic E-state index is 0.238. The summed E-state index contributed by atoms with van der Waals surface area (Å²) in [6.45, 7) is 8.88. The zero-order chi connectivity index (χ0) is 31.9. The highest BCUT2D eigenvalue weighted by atomic mass is 16.6. The Kier molecular flexibility index (Phi) is 12.5. The molecule has 44 heavy (non-hydrogen) atoms. The molecule has 224 valence electrons. The second kappa shape index (κ2) is 16.7. The molecule has 0 fully saturated rings. The SMILES string of the molecule is CON=C(C#N)c1ccccc1COc1ccc(C)cc1C.CON=C(C#N)c1ccccc1COc1cccc(C)c1C. The zero-order valence-electron chi connectivity index (χ0n) is 25.9. The van der Waals surface area contributed by atoms with Gasteiger partial charge >= 0.3 is 0 Å². The van der Waals surface area contributed by atoms with Crippen LogP contribution in [0.25, 0.3) is 0 Å². The van der Waals surface area contributed by atoms with E-state index >= 15 is 0 Å². The third-order valence-electron chi connectivity index (χ3n) is 6.77. The first-order chi connectivity index (χ1) is 21.3. The Labute approximate surface area is 259 Å². The van der Waals surface area contributed by atoms with Gasteiger partial charge in [0.15, 0.2) is 11.4 Å². The van der Waals surface area contributed by atoms with Gasteiger partial charge in [-0.25, -0.2) is 0 Å². The van der Waals surface area contributed by atoms with Crippen LogP contribution < -0.4 is 9.47 Å². The maximum absolute atomic E-state index is 9.20. The Balaban J connectivity index is 0.000000240. The molecule has 0 spiro atoms. The Morgan fingerprint density at radius 2 is 1.14 bits per heavy atom. The van der Waals surface area contributed by atoms with Crippen molar-refractivity contribution in [2.75, 3.05) is 14.2 Å². The summed E-state index contributed by atoms with van der Waals surface area (Å²) in [5.41, 5.74) is 8.28. The van der Waals surface area contributed by atoms with Gasteiger partial charge < -0.3 is 19.1 Å². The summed E-state index contributed by atoms with van der Waals surface area (Å²) in [4.78, 5) is 9.45. The molecule has 8 nitrogen and oxygen atoms in total. The lowest BCUT2D eigenvalue weighted by atomic mass is 10.0. The molecule has 0 saturated heterocycles. The lowest BCUT2D eigenvalue weighted by Gasteiger charge is -2.12. The monoisotopic (exact) mass is 588 g/mol. The number of benzene rings is 4. The summed E-state index contributed by atoms with van der Waals surface area (Å²) in [6, 6.07) is 31.2. The van der Waals surface area contributed by atoms with Gasteiger partial charge in [-0.2, -0.15) is 10.5 Å². The first-order valence-corrected chi connectivity index (χ1v) is 13.9. The van der Waals surface area contributed by atoms with Crippen molar-refractivity contribution in [2.24, 2.45) is 10.3 Å². The number of aryl methyl sites for hydroxylation is 3. The first kappa shape index (κ1) is 32.9. The minimum Gasteiger partial charge on any atom is -0.489 e. The third kappa shape index (κ3) is 8.95. The fraction of sp³-hybridized carbons (Fsp3) is 0.222. The molecule has 4 rings (SSSR count). The first-order valence-electron chi connectivity index (χ1n) is 13.9. The van der Waals surface area contributed by atoms with Gasteiger partial charge in [-0.05, 0) is 67.6 Å². The Hall–Kier alpha value is -5.60. The topological polar surface area (TPSA) is 109 Å². The molecule has 0 aliphatic carbocycles. The number of ether oxygens (including phenoxy) is 2. The zero-order valence-corrected chi connectivity index (χ0v) is 25.9. The smallest absolute Gasteiger partial charge is 0.187 e. The predicted octanol–water partition coefficient (Wildman–Crippen LogP) is 7.51. The van der Waals surface area contributed by atoms with E-state index in [0.29, 0.717) is 13.2 Å². The Morgan fingerprint density at radius 3 is 1.64 bits per heavy atom. The average molecular weight is 589 g/mol. The maximum atomic E-state index is 9.20. The maximum Gasteiger partial charge on any atom is 0.187 e. The van der Waals surface area contributed by atoms with E-state index < -0.39 is 0 Å². The lowest BCUT2D eigenvalue weighted by Crippen LogP contribution is -2.06. The van der Waals surface area contributed by atoms with Crippen molar-refractivity contribution in [3.05, 3.63) is 129 Å². The minimum atomic E-state index is 0.238. The molecule has 0 aromatic heterocycles. The van der Waals surface area contributed by atoms with E-state index in [1.54, 1.807) is 0 Å². The quantitative estimate of drug-likeness (QED) is 0.140. The van der Waals surface area contributed by atoms with Crippen molar-refractivity contribution in [3.8, 4) is 23.6 Å². The van der Waals surface area contributed by atoms with Crippen LogP contribution in [0.2, 0.25) is 0 Å². The number of nitriles is 2. The Bertz CT molecular complexity index is 1710. The van der Waals surface area contributed by atoms with Crippen LogP contribution >= 0.6 is 0 Å². The molecular weight excluding hydrogens is 552 g/mol. The van der Waals surface area contributed by atoms with E-state index in [1.807, 2.05) is 106 Å². The highest BCUT2D eigenvalue weighted by Crippen LogP contribution is 2.23. The van der Waals surface area contributed by atoms with Gasteiger partial charge in [0, 0.05) is 11.1 Å². The third-order valence-corrected chi connectivity index (χ3v) is 6.77. The van der Waals surface area contributed by atoms with E-state index in [0.717, 1.165) is 44.9 Å². The van der Waals surface area contributed by atoms with E-state index in [4.69, 9.17) is 19.1 Å². The fourth-order valence-corrected chi connectivity index (χ4v) is 4.35. The van der Waals surface area contributed by atoms with Crippen LogP contribution in [0.3, 0.4) is 0 Å². The van der Waals surface area contributed by atoms with Gasteiger partial charge in [0.2, 0.25) is 0 Å². The molecule has 0 unspecified atom stereocenters. The van der Waals surface area contributed by atoms with Gasteiger partial charge in [-0.15, -0.1) is 0 Å². The molecule has 0 aliphatic heterocycles. The predicted molar refractivity (Wildman–Crippen MR) is 172 cm³/mol. The molecule has 0 saturated carbocycles. The van der Waals surface area contributed by atoms with Gasteiger partial charge in [-0.1, -0.05) is 88.7 Å². The normalized spacial score (nSPS) is 10.9. The van der Waals surface area contributed by atoms with Crippen LogP contribution in [0.15, 0.2) is 95.2 Å². The van der Waals surface area contributed by atoms with Crippen LogP contribution in [0.4, 0.5) is 0 Å². The van der Waals surface area contributed by atoms with Gasteiger partial charge in [-0.3, -0.25) is 0 Å². The van der Waals surface area contributed by atoms with Crippen LogP contribution in [-0.4, -0.2) is 25.6 Å². The van der Waals surface area contributed by atoms with Crippen LogP contribution in [0.1, 0.15) is 44.5 Å². The van der Waals surface area contributed by atoms with Crippen molar-refractivity contribution in [3.63, 3.8) is 0 Å². The van der Waals surface area contributed by atoms with Crippen molar-refractivity contribution < 1.29 is 19.1 Å². The summed E-state index contributed by atoms with van der Waals surface area (Å²) in [5, 5.41) is 25.9. The van der Waals surface area contributed by atoms with Gasteiger partial charge in [0.1, 0.15) is 51.1 Å². The van der Waals surface area contributed by atoms with Gasteiger partial charge in [0.25, 0.3) is 0 Å². The molecule has 0 bridgehead atoms. The summed E-state index contributed by atoms with van der Waals surface area (Å²) in [5.74, 6) is 1.68. The van der Waals surface area contributed by atoms with Crippen molar-refractivity contribution in [1.29, 1.82) is 10.5 Å². The van der Waals surface area contributed by atoms with Crippen LogP contribution in [0.5, 0.6) is 11.5 Å². The number of hydrogen-bond donors (Lipinski definition) is 0. The van der Waals surface area contributed by atoms with Crippen LogP contribution in [-0.2, 0) is 22.9 Å². The highest BCUT2D eigenvalue weighted by Gasteiger charge is 2.12. The number of hydrogen-bond acceptors (Lipinski definition) is 8. The highest BCUT2D eigenvalue weighted by molar-refractivity contribution is 6.12. The molecular formula is C36H36N4O4. The van der Waals surface area contributed by atoms with Crippen molar-refractivity contribution in [1.82, 2.24) is 0 Å². The summed E-state index contributed by atoms with van der Waals surface area (Å²) in [7, 11) is 2.85. The fourth-order valence-electron chi connectivity index (χ4n) is 4.35. The lowest BCUT2D eigenvalue weighted by molar-refractivity contribution is 0.214. The summed E-state index contributed by atoms with van der Waals surface area (Å²) >= 11 is 0. The number of nitrogens with zero attached hydrogens (tertiary/aromatic N) is 4. The van der Waals surface area contributed by atoms with E-state index in [1.165, 1.54) is 25.3 Å². The number of oxime groups is 2. The van der Waals surface area contributed by atoms with E-state index in [2.05, 4.69) is 29.4 Å². The molecule has 8 heteroatoms. The second-order valence-corrected chi connectivity index (χ2v) is 9.83. The average Bonchev–Trinajstić information content (AvgIpc) is 3.03. The summed E-state index contributed by atoms with van der Waals surface area (Å²) in [6.07, 6.45) is 0. The summed E-state index contributed by atoms with van der Waals surface area (Å²) < 4.78 is 11.8. The van der Waals surface area contributed by atoms with Gasteiger partial charge in [0.05, 0.1) is 0 Å². The molecule has 0 atom stereocenters. The van der Waals surface area contributed by atoms with E-state index in [9.17, 15) is 10.5 Å². The molecule has 4 aromatic rings. The molecule has 0 radical (unpaired) electrons. The Morgan fingerprint density at radius 1 is 0.614 bits per heavy atom. The second-order valence-electron chi connectivity index (χ2n) is 9.83. The van der Waals surface area contributed by atoms with E-state index in [-0.39, 0.29) is 11.4 Å². The molecule has 4 aromatic carbocycles. The van der Waals surface area contributed by atoms with Crippen molar-refractivity contribution in [2.45, 2.75) is 40.9 Å².